The lowest BCUT2D eigenvalue weighted by atomic mass is 10.1. The zero-order chi connectivity index (χ0) is 21.7. The predicted octanol–water partition coefficient (Wildman–Crippen LogP) is 3.61. The third-order valence-electron chi connectivity index (χ3n) is 4.39. The van der Waals surface area contributed by atoms with Crippen LogP contribution in [0.4, 0.5) is 0 Å². The van der Waals surface area contributed by atoms with E-state index in [9.17, 15) is 4.79 Å². The molecule has 0 saturated heterocycles. The van der Waals surface area contributed by atoms with E-state index in [1.165, 1.54) is 18.9 Å². The topological polar surface area (TPSA) is 84.7 Å². The number of esters is 1. The van der Waals surface area contributed by atoms with Crippen molar-refractivity contribution in [1.29, 1.82) is 0 Å². The summed E-state index contributed by atoms with van der Waals surface area (Å²) in [6.45, 7) is 1.76. The highest BCUT2D eigenvalue weighted by Crippen LogP contribution is 2.41. The standard InChI is InChI=1S/C21H23N3O5S/c1-13(20(25)29-5)30-21-23-22-19(24(21)15-9-7-6-8-10-15)14-11-16(26-2)18(28-4)17(12-14)27-3/h6-13H,1-5H3. The number of carbonyl (C=O) groups excluding carboxylic acids is 1. The average Bonchev–Trinajstić information content (AvgIpc) is 3.21. The molecule has 3 aromatic rings. The van der Waals surface area contributed by atoms with E-state index in [1.54, 1.807) is 28.3 Å². The summed E-state index contributed by atoms with van der Waals surface area (Å²) in [5.41, 5.74) is 1.57. The van der Waals surface area contributed by atoms with Gasteiger partial charge in [0.15, 0.2) is 22.5 Å². The van der Waals surface area contributed by atoms with Gasteiger partial charge in [0.05, 0.1) is 28.4 Å². The number of carbonyl (C=O) groups is 1. The molecule has 9 heteroatoms. The van der Waals surface area contributed by atoms with Crippen LogP contribution in [0.25, 0.3) is 17.1 Å². The van der Waals surface area contributed by atoms with Gasteiger partial charge in [-0.15, -0.1) is 10.2 Å². The van der Waals surface area contributed by atoms with Crippen LogP contribution in [0.5, 0.6) is 17.2 Å². The molecular formula is C21H23N3O5S. The predicted molar refractivity (Wildman–Crippen MR) is 114 cm³/mol. The van der Waals surface area contributed by atoms with Gasteiger partial charge in [-0.05, 0) is 31.2 Å². The molecule has 0 saturated carbocycles. The van der Waals surface area contributed by atoms with E-state index >= 15 is 0 Å². The monoisotopic (exact) mass is 429 g/mol. The van der Waals surface area contributed by atoms with Gasteiger partial charge in [-0.25, -0.2) is 0 Å². The lowest BCUT2D eigenvalue weighted by molar-refractivity contribution is -0.139. The second kappa shape index (κ2) is 9.53. The Morgan fingerprint density at radius 2 is 1.60 bits per heavy atom. The van der Waals surface area contributed by atoms with E-state index in [0.29, 0.717) is 28.2 Å². The van der Waals surface area contributed by atoms with Crippen LogP contribution in [-0.4, -0.2) is 54.4 Å². The smallest absolute Gasteiger partial charge is 0.318 e. The minimum Gasteiger partial charge on any atom is -0.493 e. The van der Waals surface area contributed by atoms with Crippen molar-refractivity contribution in [2.75, 3.05) is 28.4 Å². The van der Waals surface area contributed by atoms with Gasteiger partial charge in [-0.3, -0.25) is 9.36 Å². The number of hydrogen-bond donors (Lipinski definition) is 0. The summed E-state index contributed by atoms with van der Waals surface area (Å²) in [6.07, 6.45) is 0. The van der Waals surface area contributed by atoms with Crippen LogP contribution < -0.4 is 14.2 Å². The fourth-order valence-electron chi connectivity index (χ4n) is 2.93. The highest BCUT2D eigenvalue weighted by molar-refractivity contribution is 8.00. The minimum absolute atomic E-state index is 0.336. The van der Waals surface area contributed by atoms with E-state index < -0.39 is 5.25 Å². The van der Waals surface area contributed by atoms with Crippen molar-refractivity contribution < 1.29 is 23.7 Å². The molecule has 2 aromatic carbocycles. The molecular weight excluding hydrogens is 406 g/mol. The number of hydrogen-bond acceptors (Lipinski definition) is 8. The Labute approximate surface area is 179 Å². The molecule has 0 radical (unpaired) electrons. The lowest BCUT2D eigenvalue weighted by Gasteiger charge is -2.15. The molecule has 8 nitrogen and oxygen atoms in total. The van der Waals surface area contributed by atoms with Crippen LogP contribution in [0, 0.1) is 0 Å². The van der Waals surface area contributed by atoms with Crippen LogP contribution in [0.1, 0.15) is 6.92 Å². The Balaban J connectivity index is 2.17. The van der Waals surface area contributed by atoms with Gasteiger partial charge in [0.25, 0.3) is 0 Å². The van der Waals surface area contributed by atoms with Gasteiger partial charge in [-0.1, -0.05) is 30.0 Å². The fraction of sp³-hybridized carbons (Fsp3) is 0.286. The number of nitrogens with zero attached hydrogens (tertiary/aromatic N) is 3. The summed E-state index contributed by atoms with van der Waals surface area (Å²) >= 11 is 1.27. The molecule has 0 aliphatic rings. The minimum atomic E-state index is -0.450. The Morgan fingerprint density at radius 1 is 0.967 bits per heavy atom. The van der Waals surface area contributed by atoms with Gasteiger partial charge >= 0.3 is 5.97 Å². The number of thioether (sulfide) groups is 1. The first-order valence-electron chi connectivity index (χ1n) is 9.09. The fourth-order valence-corrected chi connectivity index (χ4v) is 3.82. The average molecular weight is 429 g/mol. The van der Waals surface area contributed by atoms with Crippen molar-refractivity contribution in [3.63, 3.8) is 0 Å². The molecule has 0 aliphatic carbocycles. The van der Waals surface area contributed by atoms with E-state index in [2.05, 4.69) is 10.2 Å². The van der Waals surface area contributed by atoms with Crippen LogP contribution in [-0.2, 0) is 9.53 Å². The second-order valence-electron chi connectivity index (χ2n) is 6.17. The summed E-state index contributed by atoms with van der Waals surface area (Å²) in [4.78, 5) is 11.9. The summed E-state index contributed by atoms with van der Waals surface area (Å²) in [7, 11) is 6.03. The van der Waals surface area contributed by atoms with Crippen LogP contribution in [0.3, 0.4) is 0 Å². The maximum absolute atomic E-state index is 11.9. The number of ether oxygens (including phenoxy) is 4. The lowest BCUT2D eigenvalue weighted by Crippen LogP contribution is -2.15. The Bertz CT molecular complexity index is 998. The Morgan fingerprint density at radius 3 is 2.13 bits per heavy atom. The first-order valence-corrected chi connectivity index (χ1v) is 9.97. The summed E-state index contributed by atoms with van der Waals surface area (Å²) in [6, 6.07) is 13.3. The number of methoxy groups -OCH3 is 4. The zero-order valence-electron chi connectivity index (χ0n) is 17.4. The molecule has 0 spiro atoms. The first-order chi connectivity index (χ1) is 14.5. The molecule has 158 valence electrons. The van der Waals surface area contributed by atoms with Gasteiger partial charge in [0, 0.05) is 11.3 Å². The quantitative estimate of drug-likeness (QED) is 0.397. The molecule has 0 N–H and O–H groups in total. The highest BCUT2D eigenvalue weighted by atomic mass is 32.2. The third kappa shape index (κ3) is 4.20. The van der Waals surface area contributed by atoms with E-state index in [4.69, 9.17) is 18.9 Å². The SMILES string of the molecule is COC(=O)C(C)Sc1nnc(-c2cc(OC)c(OC)c(OC)c2)n1-c1ccccc1. The summed E-state index contributed by atoms with van der Waals surface area (Å²) in [5, 5.41) is 8.84. The highest BCUT2D eigenvalue weighted by Gasteiger charge is 2.24. The van der Waals surface area contributed by atoms with Crippen LogP contribution in [0.2, 0.25) is 0 Å². The van der Waals surface area contributed by atoms with Gasteiger partial charge in [0.1, 0.15) is 5.25 Å². The number of benzene rings is 2. The summed E-state index contributed by atoms with van der Waals surface area (Å²) in [5.74, 6) is 1.73. The molecule has 1 unspecified atom stereocenters. The Kier molecular flexibility index (Phi) is 6.83. The molecule has 0 amide bonds. The first kappa shape index (κ1) is 21.5. The number of aromatic nitrogens is 3. The molecule has 0 aliphatic heterocycles. The van der Waals surface area contributed by atoms with Crippen molar-refractivity contribution in [3.8, 4) is 34.3 Å². The van der Waals surface area contributed by atoms with Crippen molar-refractivity contribution in [2.24, 2.45) is 0 Å². The Hall–Kier alpha value is -3.20. The molecule has 30 heavy (non-hydrogen) atoms. The molecule has 0 fully saturated rings. The zero-order valence-corrected chi connectivity index (χ0v) is 18.2. The normalized spacial score (nSPS) is 11.6. The van der Waals surface area contributed by atoms with Crippen molar-refractivity contribution >= 4 is 17.7 Å². The maximum Gasteiger partial charge on any atom is 0.318 e. The molecule has 0 bridgehead atoms. The van der Waals surface area contributed by atoms with Gasteiger partial charge in [0.2, 0.25) is 5.75 Å². The summed E-state index contributed by atoms with van der Waals surface area (Å²) < 4.78 is 23.1. The molecule has 3 rings (SSSR count). The number of rotatable bonds is 8. The van der Waals surface area contributed by atoms with E-state index in [1.807, 2.05) is 47.0 Å². The van der Waals surface area contributed by atoms with E-state index in [-0.39, 0.29) is 5.97 Å². The maximum atomic E-state index is 11.9. The number of para-hydroxylation sites is 1. The van der Waals surface area contributed by atoms with Crippen LogP contribution in [0.15, 0.2) is 47.6 Å². The second-order valence-corrected chi connectivity index (χ2v) is 7.48. The largest absolute Gasteiger partial charge is 0.493 e. The third-order valence-corrected chi connectivity index (χ3v) is 5.41. The van der Waals surface area contributed by atoms with Crippen molar-refractivity contribution in [3.05, 3.63) is 42.5 Å². The van der Waals surface area contributed by atoms with Gasteiger partial charge in [-0.2, -0.15) is 0 Å². The van der Waals surface area contributed by atoms with Crippen LogP contribution >= 0.6 is 11.8 Å². The molecule has 1 aromatic heterocycles. The van der Waals surface area contributed by atoms with Gasteiger partial charge < -0.3 is 18.9 Å². The van der Waals surface area contributed by atoms with Crippen molar-refractivity contribution in [1.82, 2.24) is 14.8 Å². The molecule has 1 atom stereocenters. The van der Waals surface area contributed by atoms with E-state index in [0.717, 1.165) is 11.3 Å². The van der Waals surface area contributed by atoms with Crippen molar-refractivity contribution in [2.45, 2.75) is 17.3 Å². The molecule has 1 heterocycles.